The maximum atomic E-state index is 11.7. The molecule has 0 aliphatic carbocycles. The van der Waals surface area contributed by atoms with Crippen LogP contribution in [0.15, 0.2) is 23.1 Å². The molecule has 1 atom stereocenters. The van der Waals surface area contributed by atoms with Gasteiger partial charge in [-0.3, -0.25) is 9.59 Å². The summed E-state index contributed by atoms with van der Waals surface area (Å²) < 4.78 is 0. The first-order valence-corrected chi connectivity index (χ1v) is 7.57. The zero-order valence-electron chi connectivity index (χ0n) is 11.0. The van der Waals surface area contributed by atoms with Crippen molar-refractivity contribution in [3.05, 3.63) is 29.3 Å². The number of benzene rings is 1. The molecule has 0 saturated carbocycles. The Morgan fingerprint density at radius 2 is 2.26 bits per heavy atom. The van der Waals surface area contributed by atoms with E-state index in [0.29, 0.717) is 12.8 Å². The number of Topliss-reactive ketones (excluding diaryl/α,β-unsaturated/α-hetero) is 1. The van der Waals surface area contributed by atoms with Crippen molar-refractivity contribution < 1.29 is 14.7 Å². The molecule has 3 nitrogen and oxygen atoms in total. The summed E-state index contributed by atoms with van der Waals surface area (Å²) in [6.07, 6.45) is 2.06. The largest absolute Gasteiger partial charge is 0.481 e. The maximum Gasteiger partial charge on any atom is 0.303 e. The zero-order chi connectivity index (χ0) is 13.8. The SMILES string of the molecule is CCC(CC(=O)O)c1ccc2c(c1)CC(=O)CCS2. The van der Waals surface area contributed by atoms with Gasteiger partial charge in [0, 0.05) is 23.5 Å². The number of hydrogen-bond acceptors (Lipinski definition) is 3. The third kappa shape index (κ3) is 3.60. The van der Waals surface area contributed by atoms with E-state index < -0.39 is 5.97 Å². The van der Waals surface area contributed by atoms with Crippen LogP contribution in [0.2, 0.25) is 0 Å². The molecular formula is C15H18O3S. The van der Waals surface area contributed by atoms with Crippen molar-refractivity contribution in [2.45, 2.75) is 43.4 Å². The van der Waals surface area contributed by atoms with Crippen molar-refractivity contribution in [3.8, 4) is 0 Å². The number of fused-ring (bicyclic) bond motifs is 1. The molecule has 0 fully saturated rings. The number of aliphatic carboxylic acids is 1. The summed E-state index contributed by atoms with van der Waals surface area (Å²) in [5.74, 6) is 0.380. The average molecular weight is 278 g/mol. The number of carboxylic acids is 1. The van der Waals surface area contributed by atoms with E-state index in [1.54, 1.807) is 11.8 Å². The summed E-state index contributed by atoms with van der Waals surface area (Å²) in [5, 5.41) is 8.94. The number of hydrogen-bond donors (Lipinski definition) is 1. The fourth-order valence-electron chi connectivity index (χ4n) is 2.42. The molecule has 1 aromatic rings. The fraction of sp³-hybridized carbons (Fsp3) is 0.467. The lowest BCUT2D eigenvalue weighted by Gasteiger charge is -2.15. The fourth-order valence-corrected chi connectivity index (χ4v) is 3.45. The standard InChI is InChI=1S/C15H18O3S/c1-2-10(9-15(17)18)11-3-4-14-12(7-11)8-13(16)5-6-19-14/h3-4,7,10H,2,5-6,8-9H2,1H3,(H,17,18). The quantitative estimate of drug-likeness (QED) is 0.918. The van der Waals surface area contributed by atoms with Crippen molar-refractivity contribution in [1.82, 2.24) is 0 Å². The first-order valence-electron chi connectivity index (χ1n) is 6.59. The number of carbonyl (C=O) groups is 2. The molecule has 2 rings (SSSR count). The second-order valence-corrected chi connectivity index (χ2v) is 6.02. The van der Waals surface area contributed by atoms with E-state index in [-0.39, 0.29) is 18.1 Å². The van der Waals surface area contributed by atoms with E-state index >= 15 is 0 Å². The minimum atomic E-state index is -0.771. The Balaban J connectivity index is 2.28. The molecule has 1 N–H and O–H groups in total. The van der Waals surface area contributed by atoms with E-state index in [4.69, 9.17) is 5.11 Å². The lowest BCUT2D eigenvalue weighted by atomic mass is 9.91. The van der Waals surface area contributed by atoms with Crippen LogP contribution >= 0.6 is 11.8 Å². The van der Waals surface area contributed by atoms with Crippen LogP contribution in [0.1, 0.15) is 43.2 Å². The zero-order valence-corrected chi connectivity index (χ0v) is 11.8. The van der Waals surface area contributed by atoms with Crippen LogP contribution in [0.3, 0.4) is 0 Å². The predicted octanol–water partition coefficient (Wildman–Crippen LogP) is 3.26. The number of carboxylic acid groups (broad SMARTS) is 1. The second kappa shape index (κ2) is 6.24. The van der Waals surface area contributed by atoms with E-state index in [0.717, 1.165) is 23.3 Å². The highest BCUT2D eigenvalue weighted by atomic mass is 32.2. The van der Waals surface area contributed by atoms with Gasteiger partial charge in [0.1, 0.15) is 5.78 Å². The normalized spacial score (nSPS) is 16.6. The highest BCUT2D eigenvalue weighted by Gasteiger charge is 2.18. The van der Waals surface area contributed by atoms with Crippen LogP contribution in [0, 0.1) is 0 Å². The predicted molar refractivity (Wildman–Crippen MR) is 75.8 cm³/mol. The van der Waals surface area contributed by atoms with E-state index in [9.17, 15) is 9.59 Å². The molecule has 0 saturated heterocycles. The second-order valence-electron chi connectivity index (χ2n) is 4.88. The van der Waals surface area contributed by atoms with Crippen LogP contribution in [-0.4, -0.2) is 22.6 Å². The molecular weight excluding hydrogens is 260 g/mol. The Bertz CT molecular complexity index is 496. The highest BCUT2D eigenvalue weighted by Crippen LogP contribution is 2.32. The smallest absolute Gasteiger partial charge is 0.303 e. The van der Waals surface area contributed by atoms with E-state index in [2.05, 4.69) is 0 Å². The van der Waals surface area contributed by atoms with Gasteiger partial charge in [0.15, 0.2) is 0 Å². The third-order valence-corrected chi connectivity index (χ3v) is 4.61. The first kappa shape index (κ1) is 14.1. The monoisotopic (exact) mass is 278 g/mol. The number of carbonyl (C=O) groups excluding carboxylic acids is 1. The van der Waals surface area contributed by atoms with Gasteiger partial charge in [-0.15, -0.1) is 11.8 Å². The summed E-state index contributed by atoms with van der Waals surface area (Å²) in [4.78, 5) is 23.7. The van der Waals surface area contributed by atoms with Crippen molar-refractivity contribution in [2.24, 2.45) is 0 Å². The minimum absolute atomic E-state index is 0.0335. The average Bonchev–Trinajstić information content (AvgIpc) is 2.55. The third-order valence-electron chi connectivity index (χ3n) is 3.50. The molecule has 1 unspecified atom stereocenters. The van der Waals surface area contributed by atoms with Gasteiger partial charge in [-0.25, -0.2) is 0 Å². The first-order chi connectivity index (χ1) is 9.10. The van der Waals surface area contributed by atoms with Gasteiger partial charge in [-0.05, 0) is 29.5 Å². The summed E-state index contributed by atoms with van der Waals surface area (Å²) in [6, 6.07) is 6.08. The van der Waals surface area contributed by atoms with Crippen LogP contribution < -0.4 is 0 Å². The molecule has 1 aliphatic heterocycles. The van der Waals surface area contributed by atoms with Crippen LogP contribution in [0.25, 0.3) is 0 Å². The Kier molecular flexibility index (Phi) is 4.64. The molecule has 0 aromatic heterocycles. The highest BCUT2D eigenvalue weighted by molar-refractivity contribution is 7.99. The summed E-state index contributed by atoms with van der Waals surface area (Å²) >= 11 is 1.72. The van der Waals surface area contributed by atoms with Gasteiger partial charge < -0.3 is 5.11 Å². The molecule has 102 valence electrons. The van der Waals surface area contributed by atoms with Gasteiger partial charge in [0.2, 0.25) is 0 Å². The molecule has 0 spiro atoms. The number of ketones is 1. The van der Waals surface area contributed by atoms with Gasteiger partial charge in [0.05, 0.1) is 6.42 Å². The lowest BCUT2D eigenvalue weighted by molar-refractivity contribution is -0.137. The molecule has 1 aromatic carbocycles. The molecule has 0 radical (unpaired) electrons. The van der Waals surface area contributed by atoms with Gasteiger partial charge in [-0.2, -0.15) is 0 Å². The minimum Gasteiger partial charge on any atom is -0.481 e. The van der Waals surface area contributed by atoms with Crippen LogP contribution in [0.5, 0.6) is 0 Å². The molecule has 1 aliphatic rings. The Morgan fingerprint density at radius 3 is 2.95 bits per heavy atom. The van der Waals surface area contributed by atoms with Gasteiger partial charge in [-0.1, -0.05) is 19.1 Å². The molecule has 19 heavy (non-hydrogen) atoms. The molecule has 0 amide bonds. The van der Waals surface area contributed by atoms with Crippen molar-refractivity contribution in [1.29, 1.82) is 0 Å². The number of thioether (sulfide) groups is 1. The molecule has 0 bridgehead atoms. The molecule has 4 heteroatoms. The Labute approximate surface area is 117 Å². The van der Waals surface area contributed by atoms with Crippen molar-refractivity contribution in [2.75, 3.05) is 5.75 Å². The van der Waals surface area contributed by atoms with Crippen LogP contribution in [-0.2, 0) is 16.0 Å². The summed E-state index contributed by atoms with van der Waals surface area (Å²) in [5.41, 5.74) is 2.10. The van der Waals surface area contributed by atoms with E-state index in [1.165, 1.54) is 4.90 Å². The number of rotatable bonds is 4. The summed E-state index contributed by atoms with van der Waals surface area (Å²) in [6.45, 7) is 2.00. The maximum absolute atomic E-state index is 11.7. The lowest BCUT2D eigenvalue weighted by Crippen LogP contribution is -2.07. The summed E-state index contributed by atoms with van der Waals surface area (Å²) in [7, 11) is 0. The van der Waals surface area contributed by atoms with Crippen LogP contribution in [0.4, 0.5) is 0 Å². The molecule has 1 heterocycles. The van der Waals surface area contributed by atoms with Crippen molar-refractivity contribution in [3.63, 3.8) is 0 Å². The van der Waals surface area contributed by atoms with Gasteiger partial charge >= 0.3 is 5.97 Å². The Hall–Kier alpha value is -1.29. The Morgan fingerprint density at radius 1 is 1.47 bits per heavy atom. The van der Waals surface area contributed by atoms with E-state index in [1.807, 2.05) is 25.1 Å². The van der Waals surface area contributed by atoms with Gasteiger partial charge in [0.25, 0.3) is 0 Å². The topological polar surface area (TPSA) is 54.4 Å². The van der Waals surface area contributed by atoms with Crippen molar-refractivity contribution >= 4 is 23.5 Å².